The Morgan fingerprint density at radius 2 is 2.08 bits per heavy atom. The van der Waals surface area contributed by atoms with Crippen molar-refractivity contribution in [2.75, 3.05) is 13.1 Å². The van der Waals surface area contributed by atoms with Gasteiger partial charge in [-0.1, -0.05) is 0 Å². The van der Waals surface area contributed by atoms with Gasteiger partial charge < -0.3 is 9.47 Å². The van der Waals surface area contributed by atoms with Crippen molar-refractivity contribution < 1.29 is 13.6 Å². The minimum atomic E-state index is -0.996. The number of benzene rings is 1. The zero-order valence-corrected chi connectivity index (χ0v) is 13.9. The molecule has 1 aromatic heterocycles. The quantitative estimate of drug-likeness (QED) is 0.858. The third kappa shape index (κ3) is 3.18. The number of piperidine rings is 1. The Morgan fingerprint density at radius 1 is 1.29 bits per heavy atom. The molecule has 1 fully saturated rings. The van der Waals surface area contributed by atoms with E-state index < -0.39 is 11.6 Å². The van der Waals surface area contributed by atoms with Gasteiger partial charge in [-0.05, 0) is 44.9 Å². The van der Waals surface area contributed by atoms with E-state index in [0.29, 0.717) is 19.1 Å². The van der Waals surface area contributed by atoms with Crippen LogP contribution in [0.15, 0.2) is 30.6 Å². The highest BCUT2D eigenvalue weighted by molar-refractivity contribution is 5.94. The normalized spacial score (nSPS) is 18.2. The molecule has 2 aromatic rings. The summed E-state index contributed by atoms with van der Waals surface area (Å²) in [5.74, 6) is -1.06. The highest BCUT2D eigenvalue weighted by atomic mass is 19.2. The van der Waals surface area contributed by atoms with Crippen molar-refractivity contribution in [2.24, 2.45) is 0 Å². The summed E-state index contributed by atoms with van der Waals surface area (Å²) < 4.78 is 28.6. The van der Waals surface area contributed by atoms with E-state index in [-0.39, 0.29) is 17.4 Å². The molecule has 0 bridgehead atoms. The number of likely N-dealkylation sites (tertiary alicyclic amines) is 1. The van der Waals surface area contributed by atoms with Crippen LogP contribution >= 0.6 is 0 Å². The van der Waals surface area contributed by atoms with Crippen LogP contribution in [-0.4, -0.2) is 33.4 Å². The molecule has 0 N–H and O–H groups in total. The van der Waals surface area contributed by atoms with Crippen LogP contribution in [0.25, 0.3) is 0 Å². The van der Waals surface area contributed by atoms with Crippen molar-refractivity contribution in [1.82, 2.24) is 14.5 Å². The van der Waals surface area contributed by atoms with E-state index in [1.807, 2.05) is 6.20 Å². The van der Waals surface area contributed by atoms with Crippen molar-refractivity contribution in [3.63, 3.8) is 0 Å². The van der Waals surface area contributed by atoms with Crippen LogP contribution in [-0.2, 0) is 0 Å². The molecule has 6 heteroatoms. The molecule has 128 valence electrons. The second kappa shape index (κ2) is 6.71. The van der Waals surface area contributed by atoms with Crippen molar-refractivity contribution >= 4 is 5.91 Å². The minimum absolute atomic E-state index is 0.158. The first kappa shape index (κ1) is 16.6. The maximum atomic E-state index is 13.4. The smallest absolute Gasteiger partial charge is 0.253 e. The fourth-order valence-electron chi connectivity index (χ4n) is 3.26. The molecule has 1 amide bonds. The molecule has 24 heavy (non-hydrogen) atoms. The summed E-state index contributed by atoms with van der Waals surface area (Å²) in [5, 5.41) is 0. The number of imidazole rings is 1. The lowest BCUT2D eigenvalue weighted by atomic mass is 9.96. The zero-order valence-electron chi connectivity index (χ0n) is 13.9. The Morgan fingerprint density at radius 3 is 2.79 bits per heavy atom. The standard InChI is InChI=1S/C18H21F2N3O/c1-12(2)23-9-7-21-17(23)14-4-3-8-22(11-14)18(24)13-5-6-15(19)16(20)10-13/h5-7,9-10,12,14H,3-4,8,11H2,1-2H3. The van der Waals surface area contributed by atoms with Crippen LogP contribution in [0.1, 0.15) is 54.8 Å². The van der Waals surface area contributed by atoms with Gasteiger partial charge in [0.25, 0.3) is 5.91 Å². The summed E-state index contributed by atoms with van der Waals surface area (Å²) in [7, 11) is 0. The zero-order chi connectivity index (χ0) is 17.3. The number of carbonyl (C=O) groups is 1. The van der Waals surface area contributed by atoms with Crippen LogP contribution in [0.2, 0.25) is 0 Å². The fraction of sp³-hybridized carbons (Fsp3) is 0.444. The van der Waals surface area contributed by atoms with Crippen molar-refractivity contribution in [3.8, 4) is 0 Å². The Labute approximate surface area is 140 Å². The largest absolute Gasteiger partial charge is 0.338 e. The maximum Gasteiger partial charge on any atom is 0.253 e. The number of halogens is 2. The first-order valence-corrected chi connectivity index (χ1v) is 8.24. The van der Waals surface area contributed by atoms with E-state index in [2.05, 4.69) is 23.4 Å². The van der Waals surface area contributed by atoms with E-state index >= 15 is 0 Å². The van der Waals surface area contributed by atoms with Gasteiger partial charge in [0.15, 0.2) is 11.6 Å². The lowest BCUT2D eigenvalue weighted by Crippen LogP contribution is -2.39. The highest BCUT2D eigenvalue weighted by Crippen LogP contribution is 2.28. The van der Waals surface area contributed by atoms with E-state index in [1.165, 1.54) is 6.07 Å². The van der Waals surface area contributed by atoms with Crippen LogP contribution in [0.5, 0.6) is 0 Å². The third-order valence-corrected chi connectivity index (χ3v) is 4.50. The summed E-state index contributed by atoms with van der Waals surface area (Å²) in [4.78, 5) is 18.8. The molecule has 1 atom stereocenters. The topological polar surface area (TPSA) is 38.1 Å². The molecular formula is C18H21F2N3O. The van der Waals surface area contributed by atoms with E-state index in [4.69, 9.17) is 0 Å². The summed E-state index contributed by atoms with van der Waals surface area (Å²) >= 11 is 0. The predicted octanol–water partition coefficient (Wildman–Crippen LogP) is 3.76. The molecule has 4 nitrogen and oxygen atoms in total. The Bertz CT molecular complexity index is 742. The molecule has 0 aliphatic carbocycles. The Kier molecular flexibility index (Phi) is 4.64. The molecule has 1 aliphatic rings. The van der Waals surface area contributed by atoms with Crippen molar-refractivity contribution in [3.05, 3.63) is 53.6 Å². The lowest BCUT2D eigenvalue weighted by Gasteiger charge is -2.33. The fourth-order valence-corrected chi connectivity index (χ4v) is 3.26. The molecule has 1 aliphatic heterocycles. The van der Waals surface area contributed by atoms with E-state index in [0.717, 1.165) is 30.8 Å². The molecule has 0 radical (unpaired) electrons. The van der Waals surface area contributed by atoms with Gasteiger partial charge in [0.1, 0.15) is 5.82 Å². The monoisotopic (exact) mass is 333 g/mol. The summed E-state index contributed by atoms with van der Waals surface area (Å²) in [6.07, 6.45) is 5.57. The van der Waals surface area contributed by atoms with E-state index in [9.17, 15) is 13.6 Å². The molecule has 1 saturated heterocycles. The first-order valence-electron chi connectivity index (χ1n) is 8.24. The van der Waals surface area contributed by atoms with Crippen molar-refractivity contribution in [1.29, 1.82) is 0 Å². The number of carbonyl (C=O) groups excluding carboxylic acids is 1. The van der Waals surface area contributed by atoms with Crippen LogP contribution in [0.4, 0.5) is 8.78 Å². The number of amides is 1. The van der Waals surface area contributed by atoms with Gasteiger partial charge in [-0.3, -0.25) is 4.79 Å². The van der Waals surface area contributed by atoms with E-state index in [1.54, 1.807) is 11.1 Å². The molecule has 1 unspecified atom stereocenters. The summed E-state index contributed by atoms with van der Waals surface area (Å²) in [5.41, 5.74) is 0.182. The van der Waals surface area contributed by atoms with Gasteiger partial charge in [-0.15, -0.1) is 0 Å². The predicted molar refractivity (Wildman–Crippen MR) is 86.8 cm³/mol. The van der Waals surface area contributed by atoms with Gasteiger partial charge in [-0.25, -0.2) is 13.8 Å². The number of hydrogen-bond donors (Lipinski definition) is 0. The van der Waals surface area contributed by atoms with Gasteiger partial charge in [-0.2, -0.15) is 0 Å². The maximum absolute atomic E-state index is 13.4. The first-order chi connectivity index (χ1) is 11.5. The summed E-state index contributed by atoms with van der Waals surface area (Å²) in [6.45, 7) is 5.36. The number of nitrogens with zero attached hydrogens (tertiary/aromatic N) is 3. The Balaban J connectivity index is 1.79. The second-order valence-corrected chi connectivity index (χ2v) is 6.51. The number of aromatic nitrogens is 2. The van der Waals surface area contributed by atoms with Gasteiger partial charge >= 0.3 is 0 Å². The number of hydrogen-bond acceptors (Lipinski definition) is 2. The van der Waals surface area contributed by atoms with Gasteiger partial charge in [0, 0.05) is 43.0 Å². The number of rotatable bonds is 3. The van der Waals surface area contributed by atoms with Crippen LogP contribution < -0.4 is 0 Å². The van der Waals surface area contributed by atoms with Crippen molar-refractivity contribution in [2.45, 2.75) is 38.6 Å². The highest BCUT2D eigenvalue weighted by Gasteiger charge is 2.28. The summed E-state index contributed by atoms with van der Waals surface area (Å²) in [6, 6.07) is 3.60. The second-order valence-electron chi connectivity index (χ2n) is 6.51. The third-order valence-electron chi connectivity index (χ3n) is 4.50. The average Bonchev–Trinajstić information content (AvgIpc) is 3.07. The average molecular weight is 333 g/mol. The minimum Gasteiger partial charge on any atom is -0.338 e. The van der Waals surface area contributed by atoms with Gasteiger partial charge in [0.2, 0.25) is 0 Å². The molecular weight excluding hydrogens is 312 g/mol. The van der Waals surface area contributed by atoms with Gasteiger partial charge in [0.05, 0.1) is 0 Å². The van der Waals surface area contributed by atoms with Crippen LogP contribution in [0.3, 0.4) is 0 Å². The SMILES string of the molecule is CC(C)n1ccnc1C1CCCN(C(=O)c2ccc(F)c(F)c2)C1. The lowest BCUT2D eigenvalue weighted by molar-refractivity contribution is 0.0702. The molecule has 3 rings (SSSR count). The molecule has 1 aromatic carbocycles. The Hall–Kier alpha value is -2.24. The molecule has 0 spiro atoms. The molecule has 2 heterocycles. The molecule has 0 saturated carbocycles. The van der Waals surface area contributed by atoms with Crippen LogP contribution in [0, 0.1) is 11.6 Å².